The summed E-state index contributed by atoms with van der Waals surface area (Å²) in [5.41, 5.74) is 3.96. The fourth-order valence-electron chi connectivity index (χ4n) is 10.3. The molecule has 0 saturated carbocycles. The van der Waals surface area contributed by atoms with Crippen molar-refractivity contribution in [1.82, 2.24) is 5.32 Å². The molecule has 1 aliphatic rings. The molecule has 1 fully saturated rings. The van der Waals surface area contributed by atoms with E-state index >= 15 is 0 Å². The van der Waals surface area contributed by atoms with E-state index in [1.54, 1.807) is 0 Å². The van der Waals surface area contributed by atoms with Crippen LogP contribution < -0.4 is 5.32 Å². The van der Waals surface area contributed by atoms with Crippen LogP contribution in [0.3, 0.4) is 0 Å². The normalized spacial score (nSPS) is 18.7. The number of carbonyl (C=O) groups excluding carboxylic acids is 1. The van der Waals surface area contributed by atoms with Gasteiger partial charge in [0.1, 0.15) is 30.5 Å². The van der Waals surface area contributed by atoms with E-state index in [1.807, 2.05) is 121 Å². The van der Waals surface area contributed by atoms with Gasteiger partial charge in [-0.25, -0.2) is 0 Å². The highest BCUT2D eigenvalue weighted by atomic mass is 16.7. The van der Waals surface area contributed by atoms with Crippen LogP contribution in [0, 0.1) is 0 Å². The van der Waals surface area contributed by atoms with E-state index in [9.17, 15) is 15.0 Å². The molecule has 1 amide bonds. The van der Waals surface area contributed by atoms with Gasteiger partial charge in [0.2, 0.25) is 5.91 Å². The molecule has 3 N–H and O–H groups in total. The fourth-order valence-corrected chi connectivity index (χ4v) is 10.3. The van der Waals surface area contributed by atoms with E-state index in [2.05, 4.69) is 19.2 Å². The van der Waals surface area contributed by atoms with Crippen molar-refractivity contribution in [2.24, 2.45) is 0 Å². The zero-order chi connectivity index (χ0) is 54.2. The fraction of sp³-hybridized carbons (Fsp3) is 0.627. The minimum atomic E-state index is -1.28. The Morgan fingerprint density at radius 2 is 0.844 bits per heavy atom. The molecule has 0 unspecified atom stereocenters. The topological polar surface area (TPSA) is 125 Å². The van der Waals surface area contributed by atoms with Gasteiger partial charge in [-0.15, -0.1) is 0 Å². The molecule has 77 heavy (non-hydrogen) atoms. The van der Waals surface area contributed by atoms with Crippen LogP contribution in [0.4, 0.5) is 0 Å². The molecule has 0 aromatic heterocycles. The molecule has 0 radical (unpaired) electrons. The Morgan fingerprint density at radius 3 is 1.29 bits per heavy atom. The lowest BCUT2D eigenvalue weighted by Gasteiger charge is -2.46. The third kappa shape index (κ3) is 27.2. The Kier molecular flexibility index (Phi) is 34.1. The van der Waals surface area contributed by atoms with Gasteiger partial charge in [0, 0.05) is 6.42 Å². The molecule has 5 rings (SSSR count). The van der Waals surface area contributed by atoms with Crippen molar-refractivity contribution in [3.8, 4) is 0 Å². The number of benzene rings is 4. The van der Waals surface area contributed by atoms with Gasteiger partial charge >= 0.3 is 0 Å². The summed E-state index contributed by atoms with van der Waals surface area (Å²) in [5, 5.41) is 26.2. The number of amides is 1. The predicted octanol–water partition coefficient (Wildman–Crippen LogP) is 15.1. The second kappa shape index (κ2) is 41.1. The lowest BCUT2D eigenvalue weighted by Crippen LogP contribution is -2.62. The van der Waals surface area contributed by atoms with Crippen LogP contribution in [0.2, 0.25) is 0 Å². The van der Waals surface area contributed by atoms with Crippen molar-refractivity contribution in [1.29, 1.82) is 0 Å². The molecule has 1 aliphatic heterocycles. The number of hydrogen-bond donors (Lipinski definition) is 3. The van der Waals surface area contributed by atoms with Crippen molar-refractivity contribution >= 4 is 5.91 Å². The molecular weight excluding hydrogens is 963 g/mol. The second-order valence-corrected chi connectivity index (χ2v) is 21.7. The molecule has 8 atom stereocenters. The molecule has 0 bridgehead atoms. The molecule has 428 valence electrons. The van der Waals surface area contributed by atoms with Crippen LogP contribution in [0.5, 0.6) is 0 Å². The van der Waals surface area contributed by atoms with Crippen molar-refractivity contribution in [2.45, 2.75) is 256 Å². The second-order valence-electron chi connectivity index (χ2n) is 21.7. The van der Waals surface area contributed by atoms with Crippen molar-refractivity contribution in [3.63, 3.8) is 0 Å². The highest BCUT2D eigenvalue weighted by molar-refractivity contribution is 5.76. The lowest BCUT2D eigenvalue weighted by molar-refractivity contribution is -0.330. The Bertz CT molecular complexity index is 1990. The summed E-state index contributed by atoms with van der Waals surface area (Å²) in [6, 6.07) is 39.0. The molecule has 1 saturated heterocycles. The van der Waals surface area contributed by atoms with Gasteiger partial charge < -0.3 is 44.0 Å². The number of aliphatic hydroxyl groups excluding tert-OH is 2. The maximum atomic E-state index is 13.7. The van der Waals surface area contributed by atoms with Crippen LogP contribution in [-0.4, -0.2) is 78.3 Å². The standard InChI is InChI=1S/C67H101NO9/c1-3-5-7-8-9-10-11-12-13-14-15-16-17-18-19-20-21-22-23-24-38-48-62(70)68-59(63(71)60(69)47-29-6-4-2)53-76-67-66(75-52-58-45-36-28-37-46-58)65(74-51-57-43-34-27-35-44-57)64(73-50-56-41-32-26-33-42-56)61(77-67)54-72-49-55-39-30-25-31-40-55/h25-28,30-37,39-46,59-61,63-67,69,71H,3-24,29,38,47-54H2,1-2H3,(H,68,70)/t59-,60+,61+,63-,64-,65-,66+,67-/m0/s1. The van der Waals surface area contributed by atoms with Crippen molar-refractivity contribution < 1.29 is 43.4 Å². The third-order valence-corrected chi connectivity index (χ3v) is 15.0. The molecule has 4 aromatic rings. The molecule has 10 nitrogen and oxygen atoms in total. The zero-order valence-corrected chi connectivity index (χ0v) is 47.5. The van der Waals surface area contributed by atoms with Gasteiger partial charge in [-0.1, -0.05) is 283 Å². The number of ether oxygens (including phenoxy) is 6. The van der Waals surface area contributed by atoms with Gasteiger partial charge in [-0.2, -0.15) is 0 Å². The predicted molar refractivity (Wildman–Crippen MR) is 311 cm³/mol. The third-order valence-electron chi connectivity index (χ3n) is 15.0. The summed E-state index contributed by atoms with van der Waals surface area (Å²) >= 11 is 0. The largest absolute Gasteiger partial charge is 0.390 e. The lowest BCUT2D eigenvalue weighted by atomic mass is 9.97. The monoisotopic (exact) mass is 1060 g/mol. The molecule has 1 heterocycles. The zero-order valence-electron chi connectivity index (χ0n) is 47.5. The summed E-state index contributed by atoms with van der Waals surface area (Å²) in [6.07, 6.45) is 24.5. The average molecular weight is 1060 g/mol. The quantitative estimate of drug-likeness (QED) is 0.0371. The smallest absolute Gasteiger partial charge is 0.220 e. The first-order chi connectivity index (χ1) is 37.9. The highest BCUT2D eigenvalue weighted by Gasteiger charge is 2.49. The van der Waals surface area contributed by atoms with Crippen LogP contribution in [0.1, 0.15) is 203 Å². The van der Waals surface area contributed by atoms with Crippen molar-refractivity contribution in [3.05, 3.63) is 144 Å². The highest BCUT2D eigenvalue weighted by Crippen LogP contribution is 2.32. The van der Waals surface area contributed by atoms with E-state index in [4.69, 9.17) is 28.4 Å². The first-order valence-electron chi connectivity index (χ1n) is 30.5. The summed E-state index contributed by atoms with van der Waals surface area (Å²) in [4.78, 5) is 13.7. The SMILES string of the molecule is CCCCCCCCCCCCCCCCCCCCCCCC(=O)N[C@@H](CO[C@H]1O[C@H](COCc2ccccc2)[C@H](OCc2ccccc2)[C@H](OCc2ccccc2)[C@H]1OCc1ccccc1)[C@H](O)[C@H](O)CCCCC. The van der Waals surface area contributed by atoms with Gasteiger partial charge in [0.25, 0.3) is 0 Å². The number of carbonyl (C=O) groups is 1. The number of unbranched alkanes of at least 4 members (excludes halogenated alkanes) is 22. The Morgan fingerprint density at radius 1 is 0.468 bits per heavy atom. The van der Waals surface area contributed by atoms with Crippen LogP contribution in [0.15, 0.2) is 121 Å². The van der Waals surface area contributed by atoms with Crippen LogP contribution >= 0.6 is 0 Å². The van der Waals surface area contributed by atoms with Gasteiger partial charge in [0.15, 0.2) is 6.29 Å². The maximum absolute atomic E-state index is 13.7. The van der Waals surface area contributed by atoms with Crippen LogP contribution in [-0.2, 0) is 59.6 Å². The first kappa shape index (κ1) is 63.9. The average Bonchev–Trinajstić information content (AvgIpc) is 3.46. The Labute approximate surface area is 465 Å². The molecule has 0 spiro atoms. The van der Waals surface area contributed by atoms with E-state index in [0.29, 0.717) is 26.1 Å². The minimum absolute atomic E-state index is 0.147. The minimum Gasteiger partial charge on any atom is -0.390 e. The van der Waals surface area contributed by atoms with Crippen molar-refractivity contribution in [2.75, 3.05) is 13.2 Å². The molecular formula is C67H101NO9. The number of nitrogens with one attached hydrogen (secondary N) is 1. The van der Waals surface area contributed by atoms with Gasteiger partial charge in [-0.05, 0) is 35.1 Å². The molecule has 4 aromatic carbocycles. The van der Waals surface area contributed by atoms with E-state index in [-0.39, 0.29) is 32.3 Å². The van der Waals surface area contributed by atoms with Crippen LogP contribution in [0.25, 0.3) is 0 Å². The number of aliphatic hydroxyl groups is 2. The Balaban J connectivity index is 1.19. The van der Waals surface area contributed by atoms with E-state index < -0.39 is 49.0 Å². The molecule has 0 aliphatic carbocycles. The van der Waals surface area contributed by atoms with Gasteiger partial charge in [0.05, 0.1) is 51.8 Å². The summed E-state index contributed by atoms with van der Waals surface area (Å²) in [7, 11) is 0. The number of rotatable bonds is 45. The maximum Gasteiger partial charge on any atom is 0.220 e. The summed E-state index contributed by atoms with van der Waals surface area (Å²) in [5.74, 6) is -0.178. The Hall–Kier alpha value is -3.97. The van der Waals surface area contributed by atoms with Gasteiger partial charge in [-0.3, -0.25) is 4.79 Å². The van der Waals surface area contributed by atoms with E-state index in [0.717, 1.165) is 60.8 Å². The number of hydrogen-bond acceptors (Lipinski definition) is 9. The summed E-state index contributed by atoms with van der Waals surface area (Å²) < 4.78 is 40.7. The first-order valence-corrected chi connectivity index (χ1v) is 30.5. The molecule has 10 heteroatoms. The summed E-state index contributed by atoms with van der Waals surface area (Å²) in [6.45, 7) is 5.56. The van der Waals surface area contributed by atoms with E-state index in [1.165, 1.54) is 116 Å².